The lowest BCUT2D eigenvalue weighted by atomic mass is 9.94. The van der Waals surface area contributed by atoms with Crippen LogP contribution in [0.3, 0.4) is 0 Å². The van der Waals surface area contributed by atoms with Gasteiger partial charge in [-0.3, -0.25) is 9.59 Å². The molecule has 1 aliphatic rings. The Hall–Kier alpha value is -1.88. The van der Waals surface area contributed by atoms with Crippen LogP contribution in [0.4, 0.5) is 5.69 Å². The summed E-state index contributed by atoms with van der Waals surface area (Å²) in [6.07, 6.45) is 2.82. The Kier molecular flexibility index (Phi) is 6.16. The number of nitrogens with one attached hydrogen (secondary N) is 2. The van der Waals surface area contributed by atoms with Crippen LogP contribution in [0.5, 0.6) is 0 Å². The molecule has 2 rings (SSSR count). The summed E-state index contributed by atoms with van der Waals surface area (Å²) in [6, 6.07) is 5.39. The fourth-order valence-electron chi connectivity index (χ4n) is 3.02. The van der Waals surface area contributed by atoms with Crippen LogP contribution >= 0.6 is 0 Å². The first kappa shape index (κ1) is 17.5. The van der Waals surface area contributed by atoms with Crippen LogP contribution in [-0.4, -0.2) is 30.1 Å². The highest BCUT2D eigenvalue weighted by atomic mass is 16.3. The van der Waals surface area contributed by atoms with Gasteiger partial charge in [-0.25, -0.2) is 0 Å². The van der Waals surface area contributed by atoms with E-state index < -0.39 is 0 Å². The van der Waals surface area contributed by atoms with Crippen molar-refractivity contribution in [1.29, 1.82) is 0 Å². The maximum absolute atomic E-state index is 12.3. The van der Waals surface area contributed by atoms with E-state index in [4.69, 9.17) is 5.11 Å². The van der Waals surface area contributed by atoms with Gasteiger partial charge in [0.25, 0.3) is 5.91 Å². The average Bonchev–Trinajstić information content (AvgIpc) is 2.51. The number of aryl methyl sites for hydroxylation is 1. The second-order valence-electron chi connectivity index (χ2n) is 6.64. The molecular formula is C18H26N2O3. The topological polar surface area (TPSA) is 78.4 Å². The summed E-state index contributed by atoms with van der Waals surface area (Å²) in [5.74, 6) is 0.753. The van der Waals surface area contributed by atoms with E-state index in [1.807, 2.05) is 6.07 Å². The van der Waals surface area contributed by atoms with E-state index in [2.05, 4.69) is 24.5 Å². The van der Waals surface area contributed by atoms with Gasteiger partial charge in [-0.2, -0.15) is 0 Å². The summed E-state index contributed by atoms with van der Waals surface area (Å²) in [5.41, 5.74) is 2.43. The van der Waals surface area contributed by atoms with Gasteiger partial charge in [0.2, 0.25) is 5.91 Å². The molecular weight excluding hydrogens is 292 g/mol. The van der Waals surface area contributed by atoms with Crippen LogP contribution < -0.4 is 10.6 Å². The first-order valence-corrected chi connectivity index (χ1v) is 8.31. The molecule has 5 nitrogen and oxygen atoms in total. The number of hydrogen-bond donors (Lipinski definition) is 3. The molecule has 2 amide bonds. The third kappa shape index (κ3) is 5.06. The van der Waals surface area contributed by atoms with Crippen molar-refractivity contribution in [3.8, 4) is 0 Å². The van der Waals surface area contributed by atoms with Gasteiger partial charge in [-0.15, -0.1) is 0 Å². The lowest BCUT2D eigenvalue weighted by Gasteiger charge is -2.20. The molecule has 0 saturated heterocycles. The predicted octanol–water partition coefficient (Wildman–Crippen LogP) is 2.35. The van der Waals surface area contributed by atoms with Crippen molar-refractivity contribution in [2.45, 2.75) is 39.5 Å². The average molecular weight is 318 g/mol. The molecule has 126 valence electrons. The van der Waals surface area contributed by atoms with Crippen LogP contribution in [0, 0.1) is 11.8 Å². The molecule has 1 aromatic rings. The molecule has 0 fully saturated rings. The summed E-state index contributed by atoms with van der Waals surface area (Å²) in [7, 11) is 0. The molecule has 1 atom stereocenters. The number of amides is 2. The van der Waals surface area contributed by atoms with Crippen LogP contribution in [0.2, 0.25) is 0 Å². The van der Waals surface area contributed by atoms with E-state index >= 15 is 0 Å². The molecule has 0 aliphatic carbocycles. The Balaban J connectivity index is 1.96. The second kappa shape index (κ2) is 8.11. The lowest BCUT2D eigenvalue weighted by Crippen LogP contribution is -2.30. The highest BCUT2D eigenvalue weighted by Crippen LogP contribution is 2.23. The Morgan fingerprint density at radius 2 is 2.13 bits per heavy atom. The fraction of sp³-hybridized carbons (Fsp3) is 0.556. The van der Waals surface area contributed by atoms with Crippen molar-refractivity contribution >= 4 is 17.5 Å². The number of aliphatic hydroxyl groups excluding tert-OH is 1. The zero-order valence-electron chi connectivity index (χ0n) is 13.9. The molecule has 1 heterocycles. The molecule has 1 aromatic carbocycles. The first-order chi connectivity index (χ1) is 11.0. The van der Waals surface area contributed by atoms with Gasteiger partial charge in [0.05, 0.1) is 0 Å². The molecule has 1 aliphatic heterocycles. The van der Waals surface area contributed by atoms with E-state index in [1.165, 1.54) is 0 Å². The van der Waals surface area contributed by atoms with Crippen molar-refractivity contribution in [3.05, 3.63) is 29.3 Å². The minimum Gasteiger partial charge on any atom is -0.396 e. The van der Waals surface area contributed by atoms with Crippen LogP contribution in [0.1, 0.15) is 49.0 Å². The summed E-state index contributed by atoms with van der Waals surface area (Å²) < 4.78 is 0. The zero-order chi connectivity index (χ0) is 16.8. The van der Waals surface area contributed by atoms with Crippen LogP contribution in [-0.2, 0) is 11.2 Å². The number of carbonyl (C=O) groups is 2. The van der Waals surface area contributed by atoms with Gasteiger partial charge < -0.3 is 15.7 Å². The standard InChI is InChI=1S/C18H26N2O3/c1-12(2)9-13(7-8-21)11-19-18(23)15-3-5-16-14(10-15)4-6-17(22)20-16/h3,5,10,12-13,21H,4,6-9,11H2,1-2H3,(H,19,23)(H,20,22). The number of hydrogen-bond acceptors (Lipinski definition) is 3. The third-order valence-corrected chi connectivity index (χ3v) is 4.16. The molecule has 0 spiro atoms. The summed E-state index contributed by atoms with van der Waals surface area (Å²) in [5, 5.41) is 14.9. The normalized spacial score (nSPS) is 15.0. The van der Waals surface area contributed by atoms with Crippen molar-refractivity contribution in [2.24, 2.45) is 11.8 Å². The number of rotatable bonds is 7. The summed E-state index contributed by atoms with van der Waals surface area (Å²) in [6.45, 7) is 5.01. The summed E-state index contributed by atoms with van der Waals surface area (Å²) in [4.78, 5) is 23.7. The van der Waals surface area contributed by atoms with Gasteiger partial charge in [0.15, 0.2) is 0 Å². The number of aliphatic hydroxyl groups is 1. The van der Waals surface area contributed by atoms with E-state index in [1.54, 1.807) is 12.1 Å². The molecule has 0 aromatic heterocycles. The minimum absolute atomic E-state index is 0.0234. The molecule has 0 bridgehead atoms. The van der Waals surface area contributed by atoms with E-state index in [-0.39, 0.29) is 18.4 Å². The molecule has 3 N–H and O–H groups in total. The summed E-state index contributed by atoms with van der Waals surface area (Å²) >= 11 is 0. The van der Waals surface area contributed by atoms with Gasteiger partial charge in [-0.05, 0) is 54.9 Å². The minimum atomic E-state index is -0.101. The molecule has 5 heteroatoms. The Morgan fingerprint density at radius 3 is 2.83 bits per heavy atom. The molecule has 0 saturated carbocycles. The Labute approximate surface area is 137 Å². The van der Waals surface area contributed by atoms with Crippen molar-refractivity contribution in [3.63, 3.8) is 0 Å². The Morgan fingerprint density at radius 1 is 1.35 bits per heavy atom. The maximum Gasteiger partial charge on any atom is 0.251 e. The largest absolute Gasteiger partial charge is 0.396 e. The maximum atomic E-state index is 12.3. The number of fused-ring (bicyclic) bond motifs is 1. The van der Waals surface area contributed by atoms with Gasteiger partial charge in [0, 0.05) is 30.8 Å². The van der Waals surface area contributed by atoms with Crippen molar-refractivity contribution < 1.29 is 14.7 Å². The Bertz CT molecular complexity index is 569. The quantitative estimate of drug-likeness (QED) is 0.722. The number of carbonyl (C=O) groups excluding carboxylic acids is 2. The van der Waals surface area contributed by atoms with E-state index in [0.29, 0.717) is 43.2 Å². The molecule has 0 radical (unpaired) electrons. The fourth-order valence-corrected chi connectivity index (χ4v) is 3.02. The first-order valence-electron chi connectivity index (χ1n) is 8.31. The lowest BCUT2D eigenvalue weighted by molar-refractivity contribution is -0.116. The van der Waals surface area contributed by atoms with Crippen molar-refractivity contribution in [1.82, 2.24) is 5.32 Å². The number of anilines is 1. The van der Waals surface area contributed by atoms with Crippen LogP contribution in [0.15, 0.2) is 18.2 Å². The van der Waals surface area contributed by atoms with Crippen LogP contribution in [0.25, 0.3) is 0 Å². The highest BCUT2D eigenvalue weighted by molar-refractivity contribution is 5.97. The second-order valence-corrected chi connectivity index (χ2v) is 6.64. The van der Waals surface area contributed by atoms with Gasteiger partial charge >= 0.3 is 0 Å². The smallest absolute Gasteiger partial charge is 0.251 e. The third-order valence-electron chi connectivity index (χ3n) is 4.16. The van der Waals surface area contributed by atoms with Gasteiger partial charge in [0.1, 0.15) is 0 Å². The van der Waals surface area contributed by atoms with Crippen molar-refractivity contribution in [2.75, 3.05) is 18.5 Å². The number of benzene rings is 1. The van der Waals surface area contributed by atoms with E-state index in [9.17, 15) is 9.59 Å². The molecule has 1 unspecified atom stereocenters. The molecule has 23 heavy (non-hydrogen) atoms. The highest BCUT2D eigenvalue weighted by Gasteiger charge is 2.17. The van der Waals surface area contributed by atoms with E-state index in [0.717, 1.165) is 17.7 Å². The monoisotopic (exact) mass is 318 g/mol. The predicted molar refractivity (Wildman–Crippen MR) is 90.4 cm³/mol. The SMILES string of the molecule is CC(C)CC(CCO)CNC(=O)c1ccc2c(c1)CCC(=O)N2. The van der Waals surface area contributed by atoms with Gasteiger partial charge in [-0.1, -0.05) is 13.8 Å². The zero-order valence-corrected chi connectivity index (χ0v) is 13.9.